The molecule has 1 heterocycles. The predicted molar refractivity (Wildman–Crippen MR) is 109 cm³/mol. The maximum absolute atomic E-state index is 12.7. The number of rotatable bonds is 5. The van der Waals surface area contributed by atoms with Crippen LogP contribution in [-0.4, -0.2) is 37.4 Å². The molecule has 0 saturated heterocycles. The van der Waals surface area contributed by atoms with E-state index in [4.69, 9.17) is 0 Å². The maximum atomic E-state index is 12.7. The minimum atomic E-state index is -3.45. The average molecular weight is 399 g/mol. The highest BCUT2D eigenvalue weighted by atomic mass is 32.2. The third-order valence-corrected chi connectivity index (χ3v) is 5.14. The normalized spacial score (nSPS) is 14.6. The zero-order valence-corrected chi connectivity index (χ0v) is 16.6. The second-order valence-electron chi connectivity index (χ2n) is 6.74. The van der Waals surface area contributed by atoms with E-state index in [0.717, 1.165) is 11.8 Å². The summed E-state index contributed by atoms with van der Waals surface area (Å²) in [4.78, 5) is 26.8. The van der Waals surface area contributed by atoms with Crippen molar-refractivity contribution in [3.8, 4) is 0 Å². The molecule has 0 radical (unpaired) electrons. The molecule has 0 unspecified atom stereocenters. The van der Waals surface area contributed by atoms with E-state index in [1.54, 1.807) is 44.2 Å². The van der Waals surface area contributed by atoms with Gasteiger partial charge in [-0.3, -0.25) is 19.2 Å². The molecule has 0 fully saturated rings. The second-order valence-corrected chi connectivity index (χ2v) is 8.49. The third-order valence-electron chi connectivity index (χ3n) is 4.55. The molecule has 3 rings (SSSR count). The predicted octanol–water partition coefficient (Wildman–Crippen LogP) is 2.82. The molecule has 8 heteroatoms. The van der Waals surface area contributed by atoms with E-state index in [1.165, 1.54) is 11.0 Å². The van der Waals surface area contributed by atoms with E-state index < -0.39 is 22.0 Å². The summed E-state index contributed by atoms with van der Waals surface area (Å²) >= 11 is 0. The highest BCUT2D eigenvalue weighted by molar-refractivity contribution is 7.92. The van der Waals surface area contributed by atoms with Crippen molar-refractivity contribution in [1.82, 2.24) is 4.90 Å². The van der Waals surface area contributed by atoms with Crippen LogP contribution in [0.15, 0.2) is 49.0 Å². The van der Waals surface area contributed by atoms with Crippen LogP contribution in [0.25, 0.3) is 5.70 Å². The van der Waals surface area contributed by atoms with Crippen LogP contribution in [0, 0.1) is 6.92 Å². The largest absolute Gasteiger partial charge is 0.324 e. The van der Waals surface area contributed by atoms with Gasteiger partial charge in [-0.05, 0) is 37.6 Å². The minimum Gasteiger partial charge on any atom is -0.324 e. The van der Waals surface area contributed by atoms with E-state index in [9.17, 15) is 18.0 Å². The Morgan fingerprint density at radius 2 is 1.79 bits per heavy atom. The van der Waals surface area contributed by atoms with E-state index in [2.05, 4.69) is 16.6 Å². The van der Waals surface area contributed by atoms with Crippen molar-refractivity contribution in [3.63, 3.8) is 0 Å². The zero-order chi connectivity index (χ0) is 20.6. The molecule has 0 aromatic heterocycles. The molecule has 0 aliphatic carbocycles. The lowest BCUT2D eigenvalue weighted by Gasteiger charge is -2.24. The van der Waals surface area contributed by atoms with Crippen molar-refractivity contribution in [2.45, 2.75) is 19.9 Å². The Hall–Kier alpha value is -3.13. The first-order valence-electron chi connectivity index (χ1n) is 8.59. The monoisotopic (exact) mass is 399 g/mol. The van der Waals surface area contributed by atoms with Crippen molar-refractivity contribution >= 4 is 38.9 Å². The molecule has 2 aromatic carbocycles. The van der Waals surface area contributed by atoms with Crippen LogP contribution in [-0.2, 0) is 14.8 Å². The Kier molecular flexibility index (Phi) is 4.99. The number of carbonyl (C=O) groups is 2. The summed E-state index contributed by atoms with van der Waals surface area (Å²) in [5.74, 6) is -0.678. The Labute approximate surface area is 164 Å². The first kappa shape index (κ1) is 19.6. The van der Waals surface area contributed by atoms with E-state index in [1.807, 2.05) is 6.07 Å². The Balaban J connectivity index is 1.80. The lowest BCUT2D eigenvalue weighted by atomic mass is 10.1. The molecule has 28 heavy (non-hydrogen) atoms. The highest BCUT2D eigenvalue weighted by Crippen LogP contribution is 2.33. The topological polar surface area (TPSA) is 95.6 Å². The van der Waals surface area contributed by atoms with Crippen LogP contribution in [0.5, 0.6) is 0 Å². The standard InChI is InChI=1S/C20H21N3O4S/c1-12-9-10-15(11-18(12)22-28(4,26)27)21-19(24)14(3)23-13(2)16-7-5-6-8-17(16)20(23)25/h5-11,14,22H,2H2,1,3-4H3,(H,21,24)/t14-/m1/s1. The molecule has 7 nitrogen and oxygen atoms in total. The molecule has 146 valence electrons. The molecule has 1 aliphatic rings. The van der Waals surface area contributed by atoms with Gasteiger partial charge in [0, 0.05) is 22.5 Å². The molecular weight excluding hydrogens is 378 g/mol. The molecule has 2 amide bonds. The molecule has 1 aliphatic heterocycles. The second kappa shape index (κ2) is 7.12. The number of nitrogens with zero attached hydrogens (tertiary/aromatic N) is 1. The molecule has 2 aromatic rings. The first-order chi connectivity index (χ1) is 13.1. The number of fused-ring (bicyclic) bond motifs is 1. The van der Waals surface area contributed by atoms with Gasteiger partial charge < -0.3 is 5.32 Å². The third kappa shape index (κ3) is 3.77. The lowest BCUT2D eigenvalue weighted by molar-refractivity contribution is -0.119. The van der Waals surface area contributed by atoms with Gasteiger partial charge in [-0.2, -0.15) is 0 Å². The molecule has 2 N–H and O–H groups in total. The Morgan fingerprint density at radius 1 is 1.14 bits per heavy atom. The van der Waals surface area contributed by atoms with Crippen molar-refractivity contribution in [1.29, 1.82) is 0 Å². The van der Waals surface area contributed by atoms with Gasteiger partial charge in [-0.25, -0.2) is 8.42 Å². The number of carbonyl (C=O) groups excluding carboxylic acids is 2. The Bertz CT molecular complexity index is 1060. The van der Waals surface area contributed by atoms with Crippen LogP contribution in [0.3, 0.4) is 0 Å². The lowest BCUT2D eigenvalue weighted by Crippen LogP contribution is -2.41. The number of aryl methyl sites for hydroxylation is 1. The van der Waals surface area contributed by atoms with Gasteiger partial charge in [0.05, 0.1) is 11.9 Å². The van der Waals surface area contributed by atoms with Gasteiger partial charge in [-0.1, -0.05) is 30.8 Å². The summed E-state index contributed by atoms with van der Waals surface area (Å²) < 4.78 is 25.4. The molecule has 0 saturated carbocycles. The van der Waals surface area contributed by atoms with Gasteiger partial charge in [0.1, 0.15) is 6.04 Å². The number of hydrogen-bond acceptors (Lipinski definition) is 4. The fourth-order valence-electron chi connectivity index (χ4n) is 3.09. The van der Waals surface area contributed by atoms with Crippen LogP contribution in [0.2, 0.25) is 0 Å². The van der Waals surface area contributed by atoms with E-state index in [-0.39, 0.29) is 5.91 Å². The van der Waals surface area contributed by atoms with Crippen LogP contribution in [0.4, 0.5) is 11.4 Å². The van der Waals surface area contributed by atoms with Gasteiger partial charge in [-0.15, -0.1) is 0 Å². The quantitative estimate of drug-likeness (QED) is 0.808. The highest BCUT2D eigenvalue weighted by Gasteiger charge is 2.36. The van der Waals surface area contributed by atoms with Crippen molar-refractivity contribution in [2.24, 2.45) is 0 Å². The summed E-state index contributed by atoms with van der Waals surface area (Å²) in [5.41, 5.74) is 3.22. The van der Waals surface area contributed by atoms with Gasteiger partial charge in [0.15, 0.2) is 0 Å². The molecule has 0 bridgehead atoms. The number of sulfonamides is 1. The van der Waals surface area contributed by atoms with Crippen LogP contribution < -0.4 is 10.0 Å². The van der Waals surface area contributed by atoms with Gasteiger partial charge in [0.2, 0.25) is 15.9 Å². The molecule has 0 spiro atoms. The number of hydrogen-bond donors (Lipinski definition) is 2. The fourth-order valence-corrected chi connectivity index (χ4v) is 3.71. The Morgan fingerprint density at radius 3 is 2.39 bits per heavy atom. The van der Waals surface area contributed by atoms with Crippen molar-refractivity contribution in [3.05, 3.63) is 65.7 Å². The van der Waals surface area contributed by atoms with Gasteiger partial charge in [0.25, 0.3) is 5.91 Å². The molecule has 1 atom stereocenters. The summed E-state index contributed by atoms with van der Waals surface area (Å²) in [6, 6.07) is 11.2. The number of benzene rings is 2. The van der Waals surface area contributed by atoms with Crippen molar-refractivity contribution < 1.29 is 18.0 Å². The number of nitrogens with one attached hydrogen (secondary N) is 2. The van der Waals surface area contributed by atoms with Gasteiger partial charge >= 0.3 is 0 Å². The summed E-state index contributed by atoms with van der Waals surface area (Å²) in [6.45, 7) is 7.33. The summed E-state index contributed by atoms with van der Waals surface area (Å²) in [7, 11) is -3.45. The minimum absolute atomic E-state index is 0.272. The smallest absolute Gasteiger partial charge is 0.259 e. The molecular formula is C20H21N3O4S. The summed E-state index contributed by atoms with van der Waals surface area (Å²) in [5, 5.41) is 2.73. The van der Waals surface area contributed by atoms with E-state index >= 15 is 0 Å². The maximum Gasteiger partial charge on any atom is 0.259 e. The van der Waals surface area contributed by atoms with Crippen LogP contribution >= 0.6 is 0 Å². The SMILES string of the molecule is C=C1c2ccccc2C(=O)N1[C@H](C)C(=O)Nc1ccc(C)c(NS(C)(=O)=O)c1. The number of amides is 2. The number of anilines is 2. The fraction of sp³-hybridized carbons (Fsp3) is 0.200. The van der Waals surface area contributed by atoms with Crippen molar-refractivity contribution in [2.75, 3.05) is 16.3 Å². The summed E-state index contributed by atoms with van der Waals surface area (Å²) in [6.07, 6.45) is 1.06. The average Bonchev–Trinajstić information content (AvgIpc) is 2.87. The van der Waals surface area contributed by atoms with Crippen LogP contribution in [0.1, 0.15) is 28.4 Å². The zero-order valence-electron chi connectivity index (χ0n) is 15.8. The first-order valence-corrected chi connectivity index (χ1v) is 10.5. The van der Waals surface area contributed by atoms with E-state index in [0.29, 0.717) is 28.2 Å².